The van der Waals surface area contributed by atoms with Gasteiger partial charge in [-0.15, -0.1) is 11.3 Å². The van der Waals surface area contributed by atoms with Gasteiger partial charge in [0.2, 0.25) is 6.41 Å². The van der Waals surface area contributed by atoms with Gasteiger partial charge in [0, 0.05) is 31.6 Å². The van der Waals surface area contributed by atoms with Crippen molar-refractivity contribution in [2.24, 2.45) is 0 Å². The molecule has 1 fully saturated rings. The van der Waals surface area contributed by atoms with Crippen molar-refractivity contribution in [1.29, 1.82) is 0 Å². The number of aryl methyl sites for hydroxylation is 1. The molecule has 0 radical (unpaired) electrons. The van der Waals surface area contributed by atoms with Crippen LogP contribution in [0.5, 0.6) is 0 Å². The standard InChI is InChI=1S/C19H19N3OS/c1-14-10-18(24-12-14)17-11-15-4-2-3-5-16(15)19(20-17)22-8-6-21(13-23)7-9-22/h2-5,10-13H,6-9H2,1H3. The van der Waals surface area contributed by atoms with Crippen LogP contribution in [0, 0.1) is 6.92 Å². The summed E-state index contributed by atoms with van der Waals surface area (Å²) in [6.45, 7) is 5.26. The molecule has 3 aromatic rings. The zero-order valence-corrected chi connectivity index (χ0v) is 14.4. The lowest BCUT2D eigenvalue weighted by molar-refractivity contribution is -0.118. The fraction of sp³-hybridized carbons (Fsp3) is 0.263. The number of amides is 1. The quantitative estimate of drug-likeness (QED) is 0.686. The van der Waals surface area contributed by atoms with Crippen molar-refractivity contribution in [3.05, 3.63) is 47.3 Å². The minimum atomic E-state index is 0.752. The number of fused-ring (bicyclic) bond motifs is 1. The summed E-state index contributed by atoms with van der Waals surface area (Å²) < 4.78 is 0. The Bertz CT molecular complexity index is 881. The number of thiophene rings is 1. The summed E-state index contributed by atoms with van der Waals surface area (Å²) in [5, 5.41) is 4.55. The highest BCUT2D eigenvalue weighted by Crippen LogP contribution is 2.33. The van der Waals surface area contributed by atoms with Gasteiger partial charge in [0.1, 0.15) is 5.82 Å². The Balaban J connectivity index is 1.79. The number of nitrogens with zero attached hydrogens (tertiary/aromatic N) is 3. The largest absolute Gasteiger partial charge is 0.353 e. The summed E-state index contributed by atoms with van der Waals surface area (Å²) in [7, 11) is 0. The van der Waals surface area contributed by atoms with E-state index in [1.807, 2.05) is 4.90 Å². The van der Waals surface area contributed by atoms with Crippen LogP contribution in [-0.2, 0) is 4.79 Å². The number of aromatic nitrogens is 1. The Morgan fingerprint density at radius 1 is 1.12 bits per heavy atom. The monoisotopic (exact) mass is 337 g/mol. The lowest BCUT2D eigenvalue weighted by atomic mass is 10.1. The van der Waals surface area contributed by atoms with E-state index in [0.29, 0.717) is 0 Å². The number of benzene rings is 1. The van der Waals surface area contributed by atoms with Crippen LogP contribution in [0.15, 0.2) is 41.8 Å². The first-order chi connectivity index (χ1) is 11.7. The number of carbonyl (C=O) groups is 1. The molecule has 0 aliphatic carbocycles. The van der Waals surface area contributed by atoms with Gasteiger partial charge in [-0.25, -0.2) is 4.98 Å². The van der Waals surface area contributed by atoms with Crippen LogP contribution in [-0.4, -0.2) is 42.5 Å². The molecular weight excluding hydrogens is 318 g/mol. The lowest BCUT2D eigenvalue weighted by Crippen LogP contribution is -2.46. The van der Waals surface area contributed by atoms with Crippen LogP contribution in [0.1, 0.15) is 5.56 Å². The van der Waals surface area contributed by atoms with Crippen LogP contribution in [0.25, 0.3) is 21.3 Å². The van der Waals surface area contributed by atoms with E-state index in [1.165, 1.54) is 21.2 Å². The van der Waals surface area contributed by atoms with Crippen LogP contribution in [0.2, 0.25) is 0 Å². The Morgan fingerprint density at radius 3 is 2.62 bits per heavy atom. The molecule has 0 spiro atoms. The van der Waals surface area contributed by atoms with Crippen LogP contribution in [0.4, 0.5) is 5.82 Å². The van der Waals surface area contributed by atoms with Gasteiger partial charge in [-0.05, 0) is 35.4 Å². The van der Waals surface area contributed by atoms with Crippen molar-refractivity contribution in [3.63, 3.8) is 0 Å². The van der Waals surface area contributed by atoms with Crippen molar-refractivity contribution < 1.29 is 4.79 Å². The topological polar surface area (TPSA) is 36.4 Å². The fourth-order valence-corrected chi connectivity index (χ4v) is 4.01. The predicted molar refractivity (Wildman–Crippen MR) is 99.6 cm³/mol. The molecule has 1 aromatic carbocycles. The molecule has 4 rings (SSSR count). The molecule has 1 aliphatic rings. The van der Waals surface area contributed by atoms with Crippen LogP contribution < -0.4 is 4.90 Å². The zero-order chi connectivity index (χ0) is 16.5. The van der Waals surface area contributed by atoms with Gasteiger partial charge in [0.05, 0.1) is 10.6 Å². The molecule has 24 heavy (non-hydrogen) atoms. The summed E-state index contributed by atoms with van der Waals surface area (Å²) in [4.78, 5) is 21.3. The molecule has 122 valence electrons. The molecule has 0 bridgehead atoms. The van der Waals surface area contributed by atoms with Crippen LogP contribution in [0.3, 0.4) is 0 Å². The van der Waals surface area contributed by atoms with Crippen molar-refractivity contribution in [1.82, 2.24) is 9.88 Å². The third-order valence-corrected chi connectivity index (χ3v) is 5.54. The predicted octanol–water partition coefficient (Wildman–Crippen LogP) is 3.55. The summed E-state index contributed by atoms with van der Waals surface area (Å²) in [6.07, 6.45) is 0.938. The van der Waals surface area contributed by atoms with E-state index >= 15 is 0 Å². The van der Waals surface area contributed by atoms with E-state index in [2.05, 4.69) is 53.6 Å². The fourth-order valence-electron chi connectivity index (χ4n) is 3.15. The minimum absolute atomic E-state index is 0.752. The number of hydrogen-bond donors (Lipinski definition) is 0. The SMILES string of the molecule is Cc1csc(-c2cc3ccccc3c(N3CCN(C=O)CC3)n2)c1. The van der Waals surface area contributed by atoms with Crippen molar-refractivity contribution >= 4 is 34.3 Å². The number of rotatable bonds is 3. The van der Waals surface area contributed by atoms with Gasteiger partial charge < -0.3 is 9.80 Å². The number of hydrogen-bond acceptors (Lipinski definition) is 4. The van der Waals surface area contributed by atoms with E-state index < -0.39 is 0 Å². The molecule has 0 unspecified atom stereocenters. The molecule has 3 heterocycles. The average Bonchev–Trinajstić information content (AvgIpc) is 3.07. The summed E-state index contributed by atoms with van der Waals surface area (Å²) >= 11 is 1.73. The smallest absolute Gasteiger partial charge is 0.209 e. The molecule has 0 saturated carbocycles. The molecule has 0 atom stereocenters. The Morgan fingerprint density at radius 2 is 1.92 bits per heavy atom. The number of carbonyl (C=O) groups excluding carboxylic acids is 1. The molecular formula is C19H19N3OS. The highest BCUT2D eigenvalue weighted by atomic mass is 32.1. The van der Waals surface area contributed by atoms with Crippen molar-refractivity contribution in [2.75, 3.05) is 31.1 Å². The first kappa shape index (κ1) is 15.1. The van der Waals surface area contributed by atoms with E-state index in [-0.39, 0.29) is 0 Å². The van der Waals surface area contributed by atoms with Gasteiger partial charge in [-0.3, -0.25) is 4.79 Å². The Hall–Kier alpha value is -2.40. The summed E-state index contributed by atoms with van der Waals surface area (Å²) in [5.74, 6) is 1.03. The van der Waals surface area contributed by atoms with Crippen molar-refractivity contribution in [2.45, 2.75) is 6.92 Å². The maximum Gasteiger partial charge on any atom is 0.209 e. The second-order valence-corrected chi connectivity index (χ2v) is 7.08. The van der Waals surface area contributed by atoms with Crippen LogP contribution >= 0.6 is 11.3 Å². The maximum absolute atomic E-state index is 11.0. The summed E-state index contributed by atoms with van der Waals surface area (Å²) in [5.41, 5.74) is 2.30. The molecule has 1 aliphatic heterocycles. The van der Waals surface area contributed by atoms with Gasteiger partial charge >= 0.3 is 0 Å². The second-order valence-electron chi connectivity index (χ2n) is 6.17. The van der Waals surface area contributed by atoms with Gasteiger partial charge in [-0.1, -0.05) is 24.3 Å². The first-order valence-corrected chi connectivity index (χ1v) is 9.02. The van der Waals surface area contributed by atoms with E-state index in [1.54, 1.807) is 11.3 Å². The molecule has 1 saturated heterocycles. The second kappa shape index (κ2) is 6.24. The minimum Gasteiger partial charge on any atom is -0.353 e. The van der Waals surface area contributed by atoms with E-state index in [9.17, 15) is 4.79 Å². The van der Waals surface area contributed by atoms with Crippen molar-refractivity contribution in [3.8, 4) is 10.6 Å². The molecule has 1 amide bonds. The van der Waals surface area contributed by atoms with Gasteiger partial charge in [0.15, 0.2) is 0 Å². The highest BCUT2D eigenvalue weighted by molar-refractivity contribution is 7.13. The molecule has 2 aromatic heterocycles. The average molecular weight is 337 g/mol. The normalized spacial score (nSPS) is 15.0. The molecule has 0 N–H and O–H groups in total. The third-order valence-electron chi connectivity index (χ3n) is 4.47. The Kier molecular flexibility index (Phi) is 3.94. The maximum atomic E-state index is 11.0. The Labute approximate surface area is 145 Å². The molecule has 5 heteroatoms. The number of piperazine rings is 1. The molecule has 4 nitrogen and oxygen atoms in total. The number of anilines is 1. The lowest BCUT2D eigenvalue weighted by Gasteiger charge is -2.34. The highest BCUT2D eigenvalue weighted by Gasteiger charge is 2.20. The van der Waals surface area contributed by atoms with E-state index in [0.717, 1.165) is 44.1 Å². The number of pyridine rings is 1. The summed E-state index contributed by atoms with van der Waals surface area (Å²) in [6, 6.07) is 12.8. The van der Waals surface area contributed by atoms with E-state index in [4.69, 9.17) is 4.98 Å². The first-order valence-electron chi connectivity index (χ1n) is 8.14. The third kappa shape index (κ3) is 2.76. The van der Waals surface area contributed by atoms with Gasteiger partial charge in [0.25, 0.3) is 0 Å². The zero-order valence-electron chi connectivity index (χ0n) is 13.6. The van der Waals surface area contributed by atoms with Gasteiger partial charge in [-0.2, -0.15) is 0 Å².